The molecule has 3 aliphatic heterocycles. The molecule has 0 bridgehead atoms. The normalized spacial score (nSPS) is 34.3. The van der Waals surface area contributed by atoms with Gasteiger partial charge in [-0.25, -0.2) is 4.79 Å². The largest absolute Gasteiger partial charge is 0.380 e. The third-order valence-corrected chi connectivity index (χ3v) is 5.05. The quantitative estimate of drug-likeness (QED) is 0.795. The summed E-state index contributed by atoms with van der Waals surface area (Å²) in [5.41, 5.74) is 0.746. The van der Waals surface area contributed by atoms with Crippen LogP contribution in [0.4, 0.5) is 4.79 Å². The van der Waals surface area contributed by atoms with Crippen molar-refractivity contribution in [3.05, 3.63) is 12.3 Å². The molecule has 5 heteroatoms. The van der Waals surface area contributed by atoms with Crippen LogP contribution in [0.5, 0.6) is 0 Å². The Bertz CT molecular complexity index is 425. The van der Waals surface area contributed by atoms with Crippen molar-refractivity contribution in [3.8, 4) is 0 Å². The van der Waals surface area contributed by atoms with Crippen molar-refractivity contribution < 1.29 is 11.0 Å². The van der Waals surface area contributed by atoms with Gasteiger partial charge in [0.15, 0.2) is 0 Å². The van der Waals surface area contributed by atoms with E-state index in [1.807, 2.05) is 9.80 Å². The number of hydrogen-bond donors (Lipinski definition) is 1. The molecule has 20 heavy (non-hydrogen) atoms. The van der Waals surface area contributed by atoms with Crippen LogP contribution in [0.3, 0.4) is 0 Å². The summed E-state index contributed by atoms with van der Waals surface area (Å²) in [5, 5.41) is 3.41. The molecular weight excluding hydrogens is 254 g/mol. The Hall–Kier alpha value is -1.23. The first kappa shape index (κ1) is 13.7. The second-order valence-corrected chi connectivity index (χ2v) is 6.56. The lowest BCUT2D eigenvalue weighted by atomic mass is 9.86. The van der Waals surface area contributed by atoms with Gasteiger partial charge in [0.25, 0.3) is 0 Å². The molecule has 3 fully saturated rings. The highest BCUT2D eigenvalue weighted by atomic mass is 16.5. The van der Waals surface area contributed by atoms with E-state index in [2.05, 4.69) is 25.7 Å². The average molecular weight is 281 g/mol. The lowest BCUT2D eigenvalue weighted by Crippen LogP contribution is -2.66. The van der Waals surface area contributed by atoms with Crippen LogP contribution in [-0.2, 0) is 4.74 Å². The number of urea groups is 1. The average Bonchev–Trinajstić information content (AvgIpc) is 2.37. The Morgan fingerprint density at radius 2 is 2.25 bits per heavy atom. The number of amides is 2. The molecule has 0 radical (unpaired) electrons. The number of hydrogen-bond acceptors (Lipinski definition) is 3. The van der Waals surface area contributed by atoms with Crippen molar-refractivity contribution >= 4 is 6.03 Å². The summed E-state index contributed by atoms with van der Waals surface area (Å²) < 4.78 is 5.93. The maximum absolute atomic E-state index is 12.5. The molecule has 0 aromatic rings. The van der Waals surface area contributed by atoms with Gasteiger partial charge in [0.1, 0.15) is 0 Å². The minimum Gasteiger partial charge on any atom is -0.380 e. The van der Waals surface area contributed by atoms with E-state index in [1.54, 1.807) is 0 Å². The number of morpholine rings is 1. The molecule has 0 aliphatic carbocycles. The molecule has 3 aliphatic rings. The molecule has 0 saturated carbocycles. The van der Waals surface area contributed by atoms with Gasteiger partial charge >= 0.3 is 6.03 Å². The van der Waals surface area contributed by atoms with E-state index in [0.717, 1.165) is 31.8 Å². The van der Waals surface area contributed by atoms with Crippen LogP contribution in [0.2, 0.25) is 0 Å². The molecule has 3 saturated heterocycles. The number of nitrogens with one attached hydrogen (secondary N) is 1. The third-order valence-electron chi connectivity index (χ3n) is 5.05. The Kier molecular flexibility index (Phi) is 3.40. The molecule has 3 rings (SSSR count). The zero-order valence-electron chi connectivity index (χ0n) is 12.5. The van der Waals surface area contributed by atoms with Crippen LogP contribution in [0, 0.1) is 5.92 Å². The summed E-state index contributed by atoms with van der Waals surface area (Å²) in [6.07, 6.45) is 2.05. The van der Waals surface area contributed by atoms with Crippen LogP contribution in [0.1, 0.15) is 28.1 Å². The van der Waals surface area contributed by atoms with Gasteiger partial charge in [-0.3, -0.25) is 0 Å². The molecule has 5 nitrogen and oxygen atoms in total. The van der Waals surface area contributed by atoms with Gasteiger partial charge in [0.2, 0.25) is 0 Å². The van der Waals surface area contributed by atoms with Gasteiger partial charge in [-0.2, -0.15) is 0 Å². The number of rotatable bonds is 1. The van der Waals surface area contributed by atoms with E-state index < -0.39 is 0 Å². The Labute approximate surface area is 122 Å². The molecule has 2 atom stereocenters. The van der Waals surface area contributed by atoms with Crippen LogP contribution in [0.25, 0.3) is 0 Å². The highest BCUT2D eigenvalue weighted by Crippen LogP contribution is 2.31. The number of ether oxygens (including phenoxy) is 1. The van der Waals surface area contributed by atoms with Crippen molar-refractivity contribution in [1.82, 2.24) is 15.1 Å². The summed E-state index contributed by atoms with van der Waals surface area (Å²) in [6, 6.07) is 0.347. The number of likely N-dealkylation sites (tertiary alicyclic amines) is 2. The van der Waals surface area contributed by atoms with Gasteiger partial charge in [0, 0.05) is 33.3 Å². The SMILES string of the molecule is C=C1CO[C@@]2(C)CCN(C(=O)N3CC(CC)C3)C[C@H]2N1.[HH]. The zero-order valence-corrected chi connectivity index (χ0v) is 12.5. The topological polar surface area (TPSA) is 44.8 Å². The monoisotopic (exact) mass is 281 g/mol. The first-order valence-corrected chi connectivity index (χ1v) is 7.64. The minimum absolute atomic E-state index is 0. The third kappa shape index (κ3) is 2.28. The van der Waals surface area contributed by atoms with Crippen molar-refractivity contribution in [1.29, 1.82) is 0 Å². The second-order valence-electron chi connectivity index (χ2n) is 6.56. The number of carbonyl (C=O) groups excluding carboxylic acids is 1. The van der Waals surface area contributed by atoms with Gasteiger partial charge in [-0.15, -0.1) is 0 Å². The highest BCUT2D eigenvalue weighted by Gasteiger charge is 2.45. The van der Waals surface area contributed by atoms with Crippen molar-refractivity contribution in [2.45, 2.75) is 38.3 Å². The van der Waals surface area contributed by atoms with Crippen molar-refractivity contribution in [2.75, 3.05) is 32.8 Å². The fourth-order valence-electron chi connectivity index (χ4n) is 3.31. The van der Waals surface area contributed by atoms with E-state index >= 15 is 0 Å². The first-order valence-electron chi connectivity index (χ1n) is 7.64. The first-order chi connectivity index (χ1) is 9.51. The Balaban J connectivity index is 0.00000161. The molecule has 0 spiro atoms. The summed E-state index contributed by atoms with van der Waals surface area (Å²) in [5.74, 6) is 0.699. The molecule has 2 amide bonds. The summed E-state index contributed by atoms with van der Waals surface area (Å²) in [7, 11) is 0. The van der Waals surface area contributed by atoms with E-state index in [0.29, 0.717) is 19.1 Å². The van der Waals surface area contributed by atoms with Crippen LogP contribution in [0.15, 0.2) is 12.3 Å². The van der Waals surface area contributed by atoms with Crippen molar-refractivity contribution in [3.63, 3.8) is 0 Å². The zero-order chi connectivity index (χ0) is 14.3. The number of fused-ring (bicyclic) bond motifs is 1. The number of nitrogens with zero attached hydrogens (tertiary/aromatic N) is 2. The standard InChI is InChI=1S/C15H25N3O2.H2/c1-4-12-7-18(8-12)14(19)17-6-5-15(3)13(9-17)16-11(2)10-20-15;/h12-13,16H,2,4-10H2,1,3H3;1H/t13-,15+;/m1./s1. The van der Waals surface area contributed by atoms with Crippen LogP contribution in [-0.4, -0.2) is 60.3 Å². The molecule has 0 unspecified atom stereocenters. The second kappa shape index (κ2) is 4.95. The Morgan fingerprint density at radius 3 is 2.95 bits per heavy atom. The summed E-state index contributed by atoms with van der Waals surface area (Å²) in [4.78, 5) is 16.4. The molecule has 114 valence electrons. The van der Waals surface area contributed by atoms with Gasteiger partial charge < -0.3 is 19.9 Å². The summed E-state index contributed by atoms with van der Waals surface area (Å²) >= 11 is 0. The van der Waals surface area contributed by atoms with E-state index in [9.17, 15) is 4.79 Å². The van der Waals surface area contributed by atoms with Crippen molar-refractivity contribution in [2.24, 2.45) is 5.92 Å². The maximum Gasteiger partial charge on any atom is 0.320 e. The van der Waals surface area contributed by atoms with Crippen LogP contribution >= 0.6 is 0 Å². The minimum atomic E-state index is -0.168. The molecular formula is C15H27N3O2. The van der Waals surface area contributed by atoms with Crippen LogP contribution < -0.4 is 5.32 Å². The summed E-state index contributed by atoms with van der Waals surface area (Å²) in [6.45, 7) is 12.2. The molecule has 0 aromatic carbocycles. The van der Waals surface area contributed by atoms with Gasteiger partial charge in [0.05, 0.1) is 18.2 Å². The fraction of sp³-hybridized carbons (Fsp3) is 0.800. The lowest BCUT2D eigenvalue weighted by Gasteiger charge is -2.51. The smallest absolute Gasteiger partial charge is 0.320 e. The molecule has 1 N–H and O–H groups in total. The fourth-order valence-corrected chi connectivity index (χ4v) is 3.31. The Morgan fingerprint density at radius 1 is 1.50 bits per heavy atom. The molecule has 0 aromatic heterocycles. The molecule has 3 heterocycles. The van der Waals surface area contributed by atoms with E-state index in [-0.39, 0.29) is 19.1 Å². The number of carbonyl (C=O) groups is 1. The van der Waals surface area contributed by atoms with E-state index in [1.165, 1.54) is 6.42 Å². The van der Waals surface area contributed by atoms with Gasteiger partial charge in [-0.05, 0) is 25.7 Å². The predicted molar refractivity (Wildman–Crippen MR) is 79.5 cm³/mol. The highest BCUT2D eigenvalue weighted by molar-refractivity contribution is 5.75. The van der Waals surface area contributed by atoms with E-state index in [4.69, 9.17) is 4.74 Å². The maximum atomic E-state index is 12.5. The lowest BCUT2D eigenvalue weighted by molar-refractivity contribution is -0.0997. The predicted octanol–water partition coefficient (Wildman–Crippen LogP) is 1.66. The van der Waals surface area contributed by atoms with Gasteiger partial charge in [-0.1, -0.05) is 13.5 Å². The number of piperidine rings is 1.